The minimum Gasteiger partial charge on any atom is -0.449 e. The molecule has 2 rings (SSSR count). The molecule has 1 unspecified atom stereocenters. The molecule has 0 aromatic heterocycles. The second kappa shape index (κ2) is 7.90. The summed E-state index contributed by atoms with van der Waals surface area (Å²) in [5.74, 6) is -1.42. The van der Waals surface area contributed by atoms with Crippen molar-refractivity contribution in [1.29, 1.82) is 5.26 Å². The van der Waals surface area contributed by atoms with Gasteiger partial charge in [0.15, 0.2) is 6.10 Å². The minimum absolute atomic E-state index is 0.0188. The van der Waals surface area contributed by atoms with Crippen LogP contribution in [0.1, 0.15) is 28.4 Å². The molecule has 26 heavy (non-hydrogen) atoms. The Morgan fingerprint density at radius 2 is 1.96 bits per heavy atom. The van der Waals surface area contributed by atoms with E-state index >= 15 is 0 Å². The molecular formula is C18H15N3O5. The molecule has 0 aliphatic heterocycles. The van der Waals surface area contributed by atoms with E-state index in [1.54, 1.807) is 18.2 Å². The summed E-state index contributed by atoms with van der Waals surface area (Å²) in [6.45, 7) is 2.82. The van der Waals surface area contributed by atoms with Crippen molar-refractivity contribution in [1.82, 2.24) is 0 Å². The first-order valence-electron chi connectivity index (χ1n) is 7.59. The van der Waals surface area contributed by atoms with Crippen LogP contribution >= 0.6 is 0 Å². The van der Waals surface area contributed by atoms with Crippen LogP contribution in [0.2, 0.25) is 0 Å². The number of rotatable bonds is 5. The topological polar surface area (TPSA) is 122 Å². The molecule has 1 amide bonds. The van der Waals surface area contributed by atoms with E-state index in [-0.39, 0.29) is 16.8 Å². The zero-order valence-electron chi connectivity index (χ0n) is 14.1. The Hall–Kier alpha value is -3.73. The van der Waals surface area contributed by atoms with Gasteiger partial charge in [0, 0.05) is 17.3 Å². The predicted octanol–water partition coefficient (Wildman–Crippen LogP) is 2.96. The average Bonchev–Trinajstić information content (AvgIpc) is 2.61. The number of anilines is 1. The van der Waals surface area contributed by atoms with Crippen LogP contribution in [0.3, 0.4) is 0 Å². The van der Waals surface area contributed by atoms with Gasteiger partial charge in [-0.2, -0.15) is 5.26 Å². The van der Waals surface area contributed by atoms with Crippen molar-refractivity contribution in [2.24, 2.45) is 0 Å². The molecule has 8 nitrogen and oxygen atoms in total. The van der Waals surface area contributed by atoms with Gasteiger partial charge in [0.2, 0.25) is 0 Å². The molecule has 1 atom stereocenters. The fourth-order valence-corrected chi connectivity index (χ4v) is 2.23. The number of ether oxygens (including phenoxy) is 1. The fraction of sp³-hybridized carbons (Fsp3) is 0.167. The van der Waals surface area contributed by atoms with Gasteiger partial charge in [0.25, 0.3) is 11.6 Å². The molecule has 0 aliphatic rings. The van der Waals surface area contributed by atoms with Gasteiger partial charge in [-0.3, -0.25) is 14.9 Å². The molecule has 0 saturated heterocycles. The molecular weight excluding hydrogens is 338 g/mol. The molecule has 2 aromatic carbocycles. The van der Waals surface area contributed by atoms with E-state index in [1.807, 2.05) is 6.07 Å². The lowest BCUT2D eigenvalue weighted by Crippen LogP contribution is -2.30. The molecule has 0 fully saturated rings. The van der Waals surface area contributed by atoms with Crippen molar-refractivity contribution in [3.8, 4) is 6.07 Å². The van der Waals surface area contributed by atoms with Crippen molar-refractivity contribution < 1.29 is 19.2 Å². The number of esters is 1. The third-order valence-electron chi connectivity index (χ3n) is 3.63. The van der Waals surface area contributed by atoms with Gasteiger partial charge in [0.05, 0.1) is 22.1 Å². The SMILES string of the molecule is Cc1c(C(=O)OC(C)C(=O)Nc2cccc(C#N)c2)cccc1[N+](=O)[O-]. The number of nitro groups is 1. The van der Waals surface area contributed by atoms with Gasteiger partial charge in [-0.1, -0.05) is 12.1 Å². The quantitative estimate of drug-likeness (QED) is 0.501. The van der Waals surface area contributed by atoms with Gasteiger partial charge in [-0.05, 0) is 38.1 Å². The summed E-state index contributed by atoms with van der Waals surface area (Å²) in [5.41, 5.74) is 0.746. The van der Waals surface area contributed by atoms with E-state index in [9.17, 15) is 19.7 Å². The minimum atomic E-state index is -1.13. The monoisotopic (exact) mass is 353 g/mol. The summed E-state index contributed by atoms with van der Waals surface area (Å²) in [7, 11) is 0. The highest BCUT2D eigenvalue weighted by molar-refractivity contribution is 5.98. The van der Waals surface area contributed by atoms with E-state index in [4.69, 9.17) is 10.00 Å². The van der Waals surface area contributed by atoms with Crippen LogP contribution in [0.25, 0.3) is 0 Å². The summed E-state index contributed by atoms with van der Waals surface area (Å²) in [5, 5.41) is 22.3. The second-order valence-corrected chi connectivity index (χ2v) is 5.44. The van der Waals surface area contributed by atoms with Crippen LogP contribution in [0, 0.1) is 28.4 Å². The largest absolute Gasteiger partial charge is 0.449 e. The maximum atomic E-state index is 12.2. The number of carbonyl (C=O) groups is 2. The maximum Gasteiger partial charge on any atom is 0.339 e. The molecule has 8 heteroatoms. The summed E-state index contributed by atoms with van der Waals surface area (Å²) >= 11 is 0. The second-order valence-electron chi connectivity index (χ2n) is 5.44. The molecule has 0 saturated carbocycles. The Morgan fingerprint density at radius 1 is 1.27 bits per heavy atom. The number of nitriles is 1. The van der Waals surface area contributed by atoms with Gasteiger partial charge < -0.3 is 10.1 Å². The van der Waals surface area contributed by atoms with Crippen LogP contribution in [-0.4, -0.2) is 22.9 Å². The van der Waals surface area contributed by atoms with E-state index in [0.717, 1.165) is 0 Å². The zero-order chi connectivity index (χ0) is 19.3. The molecule has 132 valence electrons. The fourth-order valence-electron chi connectivity index (χ4n) is 2.23. The Balaban J connectivity index is 2.09. The standard InChI is InChI=1S/C18H15N3O5/c1-11-15(7-4-8-16(11)21(24)25)18(23)26-12(2)17(22)20-14-6-3-5-13(9-14)10-19/h3-9,12H,1-2H3,(H,20,22). The van der Waals surface area contributed by atoms with E-state index < -0.39 is 22.9 Å². The van der Waals surface area contributed by atoms with Crippen LogP contribution < -0.4 is 5.32 Å². The first-order valence-corrected chi connectivity index (χ1v) is 7.59. The number of carbonyl (C=O) groups excluding carboxylic acids is 2. The van der Waals surface area contributed by atoms with Crippen LogP contribution in [0.15, 0.2) is 42.5 Å². The van der Waals surface area contributed by atoms with Gasteiger partial charge in [0.1, 0.15) is 0 Å². The van der Waals surface area contributed by atoms with Crippen molar-refractivity contribution in [2.45, 2.75) is 20.0 Å². The smallest absolute Gasteiger partial charge is 0.339 e. The van der Waals surface area contributed by atoms with E-state index in [0.29, 0.717) is 11.3 Å². The summed E-state index contributed by atoms with van der Waals surface area (Å²) in [6, 6.07) is 12.3. The normalized spacial score (nSPS) is 11.1. The molecule has 0 spiro atoms. The summed E-state index contributed by atoms with van der Waals surface area (Å²) in [6.07, 6.45) is -1.13. The number of nitro benzene ring substituents is 1. The van der Waals surface area contributed by atoms with Crippen molar-refractivity contribution in [2.75, 3.05) is 5.32 Å². The lowest BCUT2D eigenvalue weighted by Gasteiger charge is -2.14. The molecule has 0 radical (unpaired) electrons. The highest BCUT2D eigenvalue weighted by atomic mass is 16.6. The Morgan fingerprint density at radius 3 is 2.62 bits per heavy atom. The maximum absolute atomic E-state index is 12.2. The number of nitrogens with one attached hydrogen (secondary N) is 1. The predicted molar refractivity (Wildman–Crippen MR) is 92.5 cm³/mol. The number of nitrogens with zero attached hydrogens (tertiary/aromatic N) is 2. The third-order valence-corrected chi connectivity index (χ3v) is 3.63. The van der Waals surface area contributed by atoms with Gasteiger partial charge in [-0.15, -0.1) is 0 Å². The van der Waals surface area contributed by atoms with Crippen molar-refractivity contribution in [3.05, 3.63) is 69.3 Å². The molecule has 0 heterocycles. The molecule has 2 aromatic rings. The van der Waals surface area contributed by atoms with Crippen molar-refractivity contribution >= 4 is 23.3 Å². The van der Waals surface area contributed by atoms with Crippen molar-refractivity contribution in [3.63, 3.8) is 0 Å². The Labute approximate surface area is 149 Å². The van der Waals surface area contributed by atoms with Gasteiger partial charge in [-0.25, -0.2) is 4.79 Å². The first-order chi connectivity index (χ1) is 12.3. The summed E-state index contributed by atoms with van der Waals surface area (Å²) < 4.78 is 5.10. The molecule has 0 bridgehead atoms. The molecule has 1 N–H and O–H groups in total. The average molecular weight is 353 g/mol. The highest BCUT2D eigenvalue weighted by Crippen LogP contribution is 2.22. The number of benzene rings is 2. The lowest BCUT2D eigenvalue weighted by atomic mass is 10.1. The van der Waals surface area contributed by atoms with Crippen LogP contribution in [0.5, 0.6) is 0 Å². The van der Waals surface area contributed by atoms with E-state index in [2.05, 4.69) is 5.32 Å². The number of amides is 1. The Bertz CT molecular complexity index is 917. The van der Waals surface area contributed by atoms with Crippen LogP contribution in [-0.2, 0) is 9.53 Å². The summed E-state index contributed by atoms with van der Waals surface area (Å²) in [4.78, 5) is 34.8. The van der Waals surface area contributed by atoms with E-state index in [1.165, 1.54) is 38.1 Å². The number of hydrogen-bond acceptors (Lipinski definition) is 6. The highest BCUT2D eigenvalue weighted by Gasteiger charge is 2.23. The van der Waals surface area contributed by atoms with Gasteiger partial charge >= 0.3 is 5.97 Å². The molecule has 0 aliphatic carbocycles. The van der Waals surface area contributed by atoms with Crippen LogP contribution in [0.4, 0.5) is 11.4 Å². The Kier molecular flexibility index (Phi) is 5.65. The first kappa shape index (κ1) is 18.6. The number of hydrogen-bond donors (Lipinski definition) is 1. The zero-order valence-corrected chi connectivity index (χ0v) is 14.1. The lowest BCUT2D eigenvalue weighted by molar-refractivity contribution is -0.385. The third kappa shape index (κ3) is 4.21.